The zero-order chi connectivity index (χ0) is 18.8. The molecule has 8 nitrogen and oxygen atoms in total. The van der Waals surface area contributed by atoms with Gasteiger partial charge in [-0.2, -0.15) is 0 Å². The minimum Gasteiger partial charge on any atom is -0.445 e. The van der Waals surface area contributed by atoms with Crippen LogP contribution in [0.3, 0.4) is 0 Å². The topological polar surface area (TPSA) is 123 Å². The summed E-state index contributed by atoms with van der Waals surface area (Å²) in [7, 11) is 0. The molecule has 0 radical (unpaired) electrons. The van der Waals surface area contributed by atoms with Crippen LogP contribution in [0.5, 0.6) is 0 Å². The minimum atomic E-state index is -0.951. The molecule has 8 heteroatoms. The second-order valence-corrected chi connectivity index (χ2v) is 5.43. The van der Waals surface area contributed by atoms with Crippen molar-refractivity contribution >= 4 is 18.0 Å². The molecule has 0 unspecified atom stereocenters. The number of nitrogens with one attached hydrogen (secondary N) is 3. The lowest BCUT2D eigenvalue weighted by Gasteiger charge is -2.18. The first-order valence-corrected chi connectivity index (χ1v) is 7.91. The van der Waals surface area contributed by atoms with E-state index in [1.54, 1.807) is 0 Å². The number of urea groups is 1. The summed E-state index contributed by atoms with van der Waals surface area (Å²) in [6, 6.07) is 16.4. The van der Waals surface area contributed by atoms with E-state index in [-0.39, 0.29) is 13.0 Å². The number of hydrogen-bond acceptors (Lipinski definition) is 4. The van der Waals surface area contributed by atoms with Gasteiger partial charge in [0.2, 0.25) is 0 Å². The first kappa shape index (κ1) is 18.8. The molecular formula is C18H20N4O4. The highest BCUT2D eigenvalue weighted by atomic mass is 16.5. The van der Waals surface area contributed by atoms with Gasteiger partial charge in [0.25, 0.3) is 5.91 Å². The van der Waals surface area contributed by atoms with Crippen LogP contribution in [0.25, 0.3) is 0 Å². The lowest BCUT2D eigenvalue weighted by molar-refractivity contribution is -0.123. The molecular weight excluding hydrogens is 336 g/mol. The Kier molecular flexibility index (Phi) is 6.99. The van der Waals surface area contributed by atoms with E-state index in [1.807, 2.05) is 66.1 Å². The van der Waals surface area contributed by atoms with Crippen LogP contribution >= 0.6 is 0 Å². The molecule has 5 N–H and O–H groups in total. The third-order valence-electron chi connectivity index (χ3n) is 3.41. The Morgan fingerprint density at radius 2 is 1.46 bits per heavy atom. The van der Waals surface area contributed by atoms with Crippen LogP contribution in [0.15, 0.2) is 60.7 Å². The predicted octanol–water partition coefficient (Wildman–Crippen LogP) is 1.22. The molecule has 0 fully saturated rings. The average Bonchev–Trinajstić information content (AvgIpc) is 2.65. The Morgan fingerprint density at radius 3 is 2.04 bits per heavy atom. The van der Waals surface area contributed by atoms with Gasteiger partial charge >= 0.3 is 12.1 Å². The van der Waals surface area contributed by atoms with Crippen molar-refractivity contribution in [3.8, 4) is 0 Å². The number of ether oxygens (including phenoxy) is 1. The van der Waals surface area contributed by atoms with E-state index in [1.165, 1.54) is 0 Å². The standard InChI is InChI=1S/C18H20N4O4/c19-17(24)22-21-16(23)15(11-13-7-3-1-4-8-13)20-18(25)26-12-14-9-5-2-6-10-14/h1-10,15H,11-12H2,(H,20,25)(H,21,23)(H3,19,22,24)/t15-/m0/s1. The molecule has 0 spiro atoms. The van der Waals surface area contributed by atoms with Crippen molar-refractivity contribution in [1.82, 2.24) is 16.2 Å². The molecule has 0 aliphatic heterocycles. The predicted molar refractivity (Wildman–Crippen MR) is 94.6 cm³/mol. The Bertz CT molecular complexity index is 737. The molecule has 136 valence electrons. The third kappa shape index (κ3) is 6.52. The molecule has 2 rings (SSSR count). The van der Waals surface area contributed by atoms with Crippen molar-refractivity contribution in [3.63, 3.8) is 0 Å². The van der Waals surface area contributed by atoms with Crippen LogP contribution in [0.2, 0.25) is 0 Å². The van der Waals surface area contributed by atoms with Gasteiger partial charge in [0.05, 0.1) is 0 Å². The van der Waals surface area contributed by atoms with Gasteiger partial charge in [0.1, 0.15) is 12.6 Å². The number of nitrogens with two attached hydrogens (primary N) is 1. The van der Waals surface area contributed by atoms with Crippen molar-refractivity contribution in [2.75, 3.05) is 0 Å². The van der Waals surface area contributed by atoms with Gasteiger partial charge < -0.3 is 15.8 Å². The van der Waals surface area contributed by atoms with Gasteiger partial charge in [-0.05, 0) is 11.1 Å². The quantitative estimate of drug-likeness (QED) is 0.581. The summed E-state index contributed by atoms with van der Waals surface area (Å²) >= 11 is 0. The number of amides is 4. The number of benzene rings is 2. The van der Waals surface area contributed by atoms with E-state index >= 15 is 0 Å². The highest BCUT2D eigenvalue weighted by molar-refractivity contribution is 5.87. The van der Waals surface area contributed by atoms with Crippen molar-refractivity contribution in [1.29, 1.82) is 0 Å². The zero-order valence-corrected chi connectivity index (χ0v) is 14.0. The van der Waals surface area contributed by atoms with Gasteiger partial charge in [-0.15, -0.1) is 0 Å². The summed E-state index contributed by atoms with van der Waals surface area (Å²) in [5.41, 5.74) is 10.7. The van der Waals surface area contributed by atoms with Crippen molar-refractivity contribution in [2.45, 2.75) is 19.1 Å². The summed E-state index contributed by atoms with van der Waals surface area (Å²) in [5, 5.41) is 2.49. The van der Waals surface area contributed by atoms with E-state index in [0.29, 0.717) is 0 Å². The maximum Gasteiger partial charge on any atom is 0.408 e. The van der Waals surface area contributed by atoms with E-state index in [4.69, 9.17) is 10.5 Å². The number of hydrazine groups is 1. The minimum absolute atomic E-state index is 0.0753. The SMILES string of the molecule is NC(=O)NNC(=O)[C@H](Cc1ccccc1)NC(=O)OCc1ccccc1. The molecule has 26 heavy (non-hydrogen) atoms. The Balaban J connectivity index is 1.96. The Morgan fingerprint density at radius 1 is 0.885 bits per heavy atom. The monoisotopic (exact) mass is 356 g/mol. The van der Waals surface area contributed by atoms with Crippen LogP contribution in [-0.2, 0) is 22.6 Å². The second kappa shape index (κ2) is 9.67. The summed E-state index contributed by atoms with van der Waals surface area (Å²) in [6.45, 7) is 0.0753. The molecule has 2 aromatic carbocycles. The zero-order valence-electron chi connectivity index (χ0n) is 14.0. The molecule has 0 heterocycles. The van der Waals surface area contributed by atoms with Gasteiger partial charge in [0.15, 0.2) is 0 Å². The molecule has 1 atom stereocenters. The summed E-state index contributed by atoms with van der Waals surface area (Å²) < 4.78 is 5.13. The highest BCUT2D eigenvalue weighted by Crippen LogP contribution is 2.05. The fraction of sp³-hybridized carbons (Fsp3) is 0.167. The number of alkyl carbamates (subject to hydrolysis) is 1. The van der Waals surface area contributed by atoms with Crippen LogP contribution in [-0.4, -0.2) is 24.1 Å². The summed E-state index contributed by atoms with van der Waals surface area (Å²) in [4.78, 5) is 35.0. The smallest absolute Gasteiger partial charge is 0.408 e. The molecule has 0 aliphatic rings. The first-order valence-electron chi connectivity index (χ1n) is 7.91. The number of carbonyl (C=O) groups excluding carboxylic acids is 3. The van der Waals surface area contributed by atoms with Gasteiger partial charge in [-0.3, -0.25) is 10.2 Å². The third-order valence-corrected chi connectivity index (χ3v) is 3.41. The fourth-order valence-corrected chi connectivity index (χ4v) is 2.18. The summed E-state index contributed by atoms with van der Waals surface area (Å²) in [6.07, 6.45) is -0.530. The Labute approximate surface area is 150 Å². The Hall–Kier alpha value is -3.55. The van der Waals surface area contributed by atoms with E-state index < -0.39 is 24.1 Å². The first-order chi connectivity index (χ1) is 12.5. The van der Waals surface area contributed by atoms with Gasteiger partial charge in [-0.25, -0.2) is 15.0 Å². The maximum absolute atomic E-state index is 12.2. The number of primary amides is 1. The maximum atomic E-state index is 12.2. The highest BCUT2D eigenvalue weighted by Gasteiger charge is 2.22. The largest absolute Gasteiger partial charge is 0.445 e. The molecule has 4 amide bonds. The van der Waals surface area contributed by atoms with Gasteiger partial charge in [0, 0.05) is 6.42 Å². The van der Waals surface area contributed by atoms with Crippen molar-refractivity contribution < 1.29 is 19.1 Å². The number of hydrogen-bond donors (Lipinski definition) is 4. The second-order valence-electron chi connectivity index (χ2n) is 5.43. The van der Waals surface area contributed by atoms with Crippen LogP contribution in [0.1, 0.15) is 11.1 Å². The normalized spacial score (nSPS) is 11.1. The summed E-state index contributed by atoms with van der Waals surface area (Å²) in [5.74, 6) is -0.621. The molecule has 0 saturated heterocycles. The van der Waals surface area contributed by atoms with E-state index in [9.17, 15) is 14.4 Å². The molecule has 2 aromatic rings. The fourth-order valence-electron chi connectivity index (χ4n) is 2.18. The molecule has 0 aliphatic carbocycles. The van der Waals surface area contributed by atoms with Crippen molar-refractivity contribution in [3.05, 3.63) is 71.8 Å². The number of carbonyl (C=O) groups is 3. The molecule has 0 aromatic heterocycles. The number of rotatable bonds is 6. The van der Waals surface area contributed by atoms with E-state index in [2.05, 4.69) is 10.7 Å². The van der Waals surface area contributed by atoms with E-state index in [0.717, 1.165) is 11.1 Å². The van der Waals surface area contributed by atoms with Crippen LogP contribution in [0.4, 0.5) is 9.59 Å². The lowest BCUT2D eigenvalue weighted by Crippen LogP contribution is -2.54. The molecule has 0 bridgehead atoms. The molecule has 0 saturated carbocycles. The van der Waals surface area contributed by atoms with Crippen LogP contribution < -0.4 is 21.9 Å². The van der Waals surface area contributed by atoms with Gasteiger partial charge in [-0.1, -0.05) is 60.7 Å². The van der Waals surface area contributed by atoms with Crippen molar-refractivity contribution in [2.24, 2.45) is 5.73 Å². The average molecular weight is 356 g/mol. The lowest BCUT2D eigenvalue weighted by atomic mass is 10.1. The van der Waals surface area contributed by atoms with Crippen LogP contribution in [0, 0.1) is 0 Å².